The first-order chi connectivity index (χ1) is 11.2. The van der Waals surface area contributed by atoms with Crippen LogP contribution in [0.15, 0.2) is 36.5 Å². The third-order valence-electron chi connectivity index (χ3n) is 5.41. The quantitative estimate of drug-likeness (QED) is 0.947. The second-order valence-electron chi connectivity index (χ2n) is 6.92. The van der Waals surface area contributed by atoms with E-state index in [1.807, 2.05) is 16.9 Å². The number of benzene rings is 1. The Kier molecular flexibility index (Phi) is 3.91. The SMILES string of the molecule is NC1CCCC2CN(Cc3ccnn3-c3ccc(F)cc3)CC12. The minimum Gasteiger partial charge on any atom is -0.327 e. The lowest BCUT2D eigenvalue weighted by Gasteiger charge is -2.29. The summed E-state index contributed by atoms with van der Waals surface area (Å²) in [7, 11) is 0. The molecule has 2 heterocycles. The summed E-state index contributed by atoms with van der Waals surface area (Å²) in [5, 5.41) is 4.41. The van der Waals surface area contributed by atoms with Crippen LogP contribution >= 0.6 is 0 Å². The molecule has 1 aliphatic carbocycles. The van der Waals surface area contributed by atoms with Gasteiger partial charge < -0.3 is 5.73 Å². The lowest BCUT2D eigenvalue weighted by Crippen LogP contribution is -2.38. The van der Waals surface area contributed by atoms with E-state index in [2.05, 4.69) is 10.00 Å². The van der Waals surface area contributed by atoms with Gasteiger partial charge in [-0.3, -0.25) is 4.90 Å². The number of fused-ring (bicyclic) bond motifs is 1. The van der Waals surface area contributed by atoms with Crippen molar-refractivity contribution in [2.24, 2.45) is 17.6 Å². The van der Waals surface area contributed by atoms with Gasteiger partial charge in [-0.2, -0.15) is 5.10 Å². The van der Waals surface area contributed by atoms with E-state index in [4.69, 9.17) is 5.73 Å². The van der Waals surface area contributed by atoms with Gasteiger partial charge in [-0.25, -0.2) is 9.07 Å². The smallest absolute Gasteiger partial charge is 0.123 e. The summed E-state index contributed by atoms with van der Waals surface area (Å²) in [6, 6.07) is 8.90. The van der Waals surface area contributed by atoms with Gasteiger partial charge in [0.05, 0.1) is 11.4 Å². The number of rotatable bonds is 3. The van der Waals surface area contributed by atoms with E-state index in [0.717, 1.165) is 36.9 Å². The van der Waals surface area contributed by atoms with E-state index in [0.29, 0.717) is 12.0 Å². The molecule has 1 saturated heterocycles. The lowest BCUT2D eigenvalue weighted by atomic mass is 9.78. The second kappa shape index (κ2) is 6.06. The minimum absolute atomic E-state index is 0.222. The fourth-order valence-electron chi connectivity index (χ4n) is 4.23. The Balaban J connectivity index is 1.50. The number of nitrogens with zero attached hydrogens (tertiary/aromatic N) is 3. The van der Waals surface area contributed by atoms with Crippen molar-refractivity contribution in [2.45, 2.75) is 31.8 Å². The van der Waals surface area contributed by atoms with Gasteiger partial charge in [0.2, 0.25) is 0 Å². The Morgan fingerprint density at radius 2 is 1.96 bits per heavy atom. The zero-order valence-electron chi connectivity index (χ0n) is 13.2. The van der Waals surface area contributed by atoms with Crippen molar-refractivity contribution in [2.75, 3.05) is 13.1 Å². The molecule has 1 saturated carbocycles. The molecule has 1 aromatic carbocycles. The standard InChI is InChI=1S/C18H23FN4/c19-14-4-6-15(7-5-14)23-16(8-9-21-23)11-22-10-13-2-1-3-18(20)17(13)12-22/h4-9,13,17-18H,1-3,10-12,20H2. The molecule has 0 spiro atoms. The van der Waals surface area contributed by atoms with Gasteiger partial charge in [-0.05, 0) is 55.0 Å². The van der Waals surface area contributed by atoms with Crippen LogP contribution in [-0.4, -0.2) is 33.8 Å². The van der Waals surface area contributed by atoms with Crippen molar-refractivity contribution < 1.29 is 4.39 Å². The first-order valence-electron chi connectivity index (χ1n) is 8.47. The third-order valence-corrected chi connectivity index (χ3v) is 5.41. The van der Waals surface area contributed by atoms with Crippen molar-refractivity contribution in [3.63, 3.8) is 0 Å². The Morgan fingerprint density at radius 3 is 2.74 bits per heavy atom. The number of hydrogen-bond donors (Lipinski definition) is 1. The van der Waals surface area contributed by atoms with Gasteiger partial charge in [-0.1, -0.05) is 6.42 Å². The normalized spacial score (nSPS) is 28.0. The summed E-state index contributed by atoms with van der Waals surface area (Å²) in [6.07, 6.45) is 5.56. The predicted octanol–water partition coefficient (Wildman–Crippen LogP) is 2.57. The maximum absolute atomic E-state index is 13.1. The fourth-order valence-corrected chi connectivity index (χ4v) is 4.23. The van der Waals surface area contributed by atoms with Crippen LogP contribution < -0.4 is 5.73 Å². The molecule has 1 aromatic heterocycles. The van der Waals surface area contributed by atoms with E-state index in [-0.39, 0.29) is 5.82 Å². The van der Waals surface area contributed by atoms with Crippen LogP contribution in [0.25, 0.3) is 5.69 Å². The molecule has 2 aromatic rings. The predicted molar refractivity (Wildman–Crippen MR) is 87.6 cm³/mol. The Hall–Kier alpha value is -1.72. The topological polar surface area (TPSA) is 47.1 Å². The van der Waals surface area contributed by atoms with Crippen molar-refractivity contribution in [3.8, 4) is 5.69 Å². The second-order valence-corrected chi connectivity index (χ2v) is 6.92. The highest BCUT2D eigenvalue weighted by Crippen LogP contribution is 2.36. The molecule has 0 radical (unpaired) electrons. The molecule has 4 nitrogen and oxygen atoms in total. The zero-order chi connectivity index (χ0) is 15.8. The van der Waals surface area contributed by atoms with Gasteiger partial charge in [0.25, 0.3) is 0 Å². The molecule has 4 rings (SSSR count). The molecule has 2 N–H and O–H groups in total. The van der Waals surface area contributed by atoms with Crippen LogP contribution in [0.5, 0.6) is 0 Å². The molecule has 0 bridgehead atoms. The Morgan fingerprint density at radius 1 is 1.13 bits per heavy atom. The van der Waals surface area contributed by atoms with Crippen molar-refractivity contribution in [3.05, 3.63) is 48.0 Å². The Bertz CT molecular complexity index is 666. The number of hydrogen-bond acceptors (Lipinski definition) is 3. The molecule has 2 fully saturated rings. The van der Waals surface area contributed by atoms with Crippen LogP contribution in [0.3, 0.4) is 0 Å². The van der Waals surface area contributed by atoms with E-state index in [9.17, 15) is 4.39 Å². The fraction of sp³-hybridized carbons (Fsp3) is 0.500. The maximum Gasteiger partial charge on any atom is 0.123 e. The van der Waals surface area contributed by atoms with Crippen molar-refractivity contribution >= 4 is 0 Å². The van der Waals surface area contributed by atoms with Gasteiger partial charge in [-0.15, -0.1) is 0 Å². The van der Waals surface area contributed by atoms with E-state index >= 15 is 0 Å². The molecular weight excluding hydrogens is 291 g/mol. The van der Waals surface area contributed by atoms with Gasteiger partial charge >= 0.3 is 0 Å². The molecule has 3 atom stereocenters. The molecule has 122 valence electrons. The van der Waals surface area contributed by atoms with Crippen LogP contribution in [0.2, 0.25) is 0 Å². The van der Waals surface area contributed by atoms with Crippen LogP contribution in [-0.2, 0) is 6.54 Å². The molecular formula is C18H23FN4. The van der Waals surface area contributed by atoms with E-state index in [1.54, 1.807) is 12.1 Å². The highest BCUT2D eigenvalue weighted by molar-refractivity contribution is 5.32. The molecule has 3 unspecified atom stereocenters. The van der Waals surface area contributed by atoms with Crippen LogP contribution in [0.4, 0.5) is 4.39 Å². The maximum atomic E-state index is 13.1. The summed E-state index contributed by atoms with van der Waals surface area (Å²) in [5.41, 5.74) is 8.36. The first-order valence-corrected chi connectivity index (χ1v) is 8.47. The minimum atomic E-state index is -0.222. The summed E-state index contributed by atoms with van der Waals surface area (Å²) in [5.74, 6) is 1.17. The number of nitrogens with two attached hydrogens (primary N) is 1. The largest absolute Gasteiger partial charge is 0.327 e. The number of likely N-dealkylation sites (tertiary alicyclic amines) is 1. The van der Waals surface area contributed by atoms with Gasteiger partial charge in [0, 0.05) is 31.9 Å². The molecule has 0 amide bonds. The molecule has 1 aliphatic heterocycles. The highest BCUT2D eigenvalue weighted by Gasteiger charge is 2.38. The molecule has 5 heteroatoms. The number of aromatic nitrogens is 2. The average Bonchev–Trinajstić information content (AvgIpc) is 3.16. The lowest BCUT2D eigenvalue weighted by molar-refractivity contribution is 0.259. The summed E-state index contributed by atoms with van der Waals surface area (Å²) in [4.78, 5) is 2.50. The Labute approximate surface area is 136 Å². The van der Waals surface area contributed by atoms with Crippen LogP contribution in [0, 0.1) is 17.7 Å². The molecule has 2 aliphatic rings. The van der Waals surface area contributed by atoms with Gasteiger partial charge in [0.15, 0.2) is 0 Å². The average molecular weight is 314 g/mol. The first kappa shape index (κ1) is 14.8. The highest BCUT2D eigenvalue weighted by atomic mass is 19.1. The van der Waals surface area contributed by atoms with Gasteiger partial charge in [0.1, 0.15) is 5.82 Å². The van der Waals surface area contributed by atoms with E-state index < -0.39 is 0 Å². The third kappa shape index (κ3) is 2.91. The summed E-state index contributed by atoms with van der Waals surface area (Å²) >= 11 is 0. The molecule has 23 heavy (non-hydrogen) atoms. The summed E-state index contributed by atoms with van der Waals surface area (Å²) in [6.45, 7) is 3.09. The van der Waals surface area contributed by atoms with Crippen molar-refractivity contribution in [1.29, 1.82) is 0 Å². The monoisotopic (exact) mass is 314 g/mol. The van der Waals surface area contributed by atoms with E-state index in [1.165, 1.54) is 31.4 Å². The van der Waals surface area contributed by atoms with Crippen molar-refractivity contribution in [1.82, 2.24) is 14.7 Å². The summed E-state index contributed by atoms with van der Waals surface area (Å²) < 4.78 is 15.0. The zero-order valence-corrected chi connectivity index (χ0v) is 13.2. The van der Waals surface area contributed by atoms with Crippen LogP contribution in [0.1, 0.15) is 25.0 Å². The number of halogens is 1.